The number of nitrogens with zero attached hydrogens (tertiary/aromatic N) is 1. The topological polar surface area (TPSA) is 29.5 Å². The van der Waals surface area contributed by atoms with Crippen molar-refractivity contribution in [2.45, 2.75) is 0 Å². The summed E-state index contributed by atoms with van der Waals surface area (Å²) >= 11 is 0. The molecule has 2 heterocycles. The van der Waals surface area contributed by atoms with Crippen molar-refractivity contribution >= 4 is 82.5 Å². The van der Waals surface area contributed by atoms with E-state index in [-0.39, 0.29) is 0 Å². The summed E-state index contributed by atoms with van der Waals surface area (Å²) in [6, 6.07) is -27.3. The Morgan fingerprint density at radius 3 is 1.89 bits per heavy atom. The highest BCUT2D eigenvalue weighted by molar-refractivity contribution is 6.25. The predicted molar refractivity (Wildman–Crippen MR) is 222 cm³/mol. The Balaban J connectivity index is 1.43. The summed E-state index contributed by atoms with van der Waals surface area (Å²) < 4.78 is 283. The lowest BCUT2D eigenvalue weighted by Gasteiger charge is -2.27. The van der Waals surface area contributed by atoms with Gasteiger partial charge in [-0.2, -0.15) is 0 Å². The quantitative estimate of drug-likeness (QED) is 0.178. The van der Waals surface area contributed by atoms with Crippen molar-refractivity contribution in [3.05, 3.63) is 187 Å². The number of anilines is 3. The smallest absolute Gasteiger partial charge is 0.144 e. The molecule has 0 aliphatic carbocycles. The van der Waals surface area contributed by atoms with Crippen molar-refractivity contribution in [1.82, 2.24) is 0 Å². The lowest BCUT2D eigenvalue weighted by molar-refractivity contribution is 0.664. The molecule has 0 bridgehead atoms. The number of hydrogen-bond acceptors (Lipinski definition) is 3. The Morgan fingerprint density at radius 1 is 0.396 bits per heavy atom. The normalized spacial score (nSPS) is 19.7. The number of para-hydroxylation sites is 1. The number of rotatable bonds is 5. The second-order valence-corrected chi connectivity index (χ2v) is 11.4. The largest absolute Gasteiger partial charge is 0.456 e. The molecule has 53 heavy (non-hydrogen) atoms. The molecule has 2 aromatic heterocycles. The minimum atomic E-state index is -1.19. The van der Waals surface area contributed by atoms with Crippen LogP contribution in [0.25, 0.3) is 87.7 Å². The summed E-state index contributed by atoms with van der Waals surface area (Å²) in [6.45, 7) is 0. The molecule has 248 valence electrons. The van der Waals surface area contributed by atoms with E-state index in [0.29, 0.717) is 4.90 Å². The van der Waals surface area contributed by atoms with E-state index in [2.05, 4.69) is 0 Å². The molecule has 0 radical (unpaired) electrons. The maximum atomic E-state index is 10.00. The molecule has 3 heteroatoms. The van der Waals surface area contributed by atoms with E-state index in [1.807, 2.05) is 0 Å². The Kier molecular flexibility index (Phi) is 2.77. The van der Waals surface area contributed by atoms with Crippen molar-refractivity contribution in [2.75, 3.05) is 4.90 Å². The van der Waals surface area contributed by atoms with Crippen molar-refractivity contribution < 1.29 is 50.0 Å². The van der Waals surface area contributed by atoms with Gasteiger partial charge in [0.25, 0.3) is 0 Å². The third kappa shape index (κ3) is 4.75. The zero-order chi connectivity index (χ0) is 61.0. The molecule has 0 fully saturated rings. The number of fused-ring (bicyclic) bond motifs is 8. The first-order chi connectivity index (χ1) is 38.8. The minimum absolute atomic E-state index is 0.509. The van der Waals surface area contributed by atoms with Crippen LogP contribution in [0.1, 0.15) is 41.1 Å². The van der Waals surface area contributed by atoms with Crippen LogP contribution in [0.5, 0.6) is 0 Å². The fourth-order valence-corrected chi connectivity index (χ4v) is 6.16. The molecule has 11 rings (SSSR count). The molecule has 0 spiro atoms. The zero-order valence-electron chi connectivity index (χ0n) is 56.3. The molecule has 0 saturated carbocycles. The minimum Gasteiger partial charge on any atom is -0.456 e. The molecule has 3 nitrogen and oxygen atoms in total. The Bertz CT molecular complexity index is 4870. The molecule has 11 aromatic rings. The van der Waals surface area contributed by atoms with Crippen LogP contribution in [0.4, 0.5) is 17.1 Å². The number of hydrogen-bond donors (Lipinski definition) is 0. The average molecular weight is 708 g/mol. The van der Waals surface area contributed by atoms with Gasteiger partial charge in [0, 0.05) is 33.1 Å². The first-order valence-electron chi connectivity index (χ1n) is 30.6. The van der Waals surface area contributed by atoms with Crippen LogP contribution in [0.2, 0.25) is 0 Å². The maximum absolute atomic E-state index is 10.00. The molecule has 0 aliphatic heterocycles. The van der Waals surface area contributed by atoms with Crippen LogP contribution < -0.4 is 4.90 Å². The fourth-order valence-electron chi connectivity index (χ4n) is 6.16. The molecular formula is C50H31NO2. The van der Waals surface area contributed by atoms with E-state index in [1.165, 1.54) is 0 Å². The fraction of sp³-hybridized carbons (Fsp3) is 0. The first kappa shape index (κ1) is 12.5. The summed E-state index contributed by atoms with van der Waals surface area (Å²) in [4.78, 5) is 0.579. The zero-order valence-corrected chi connectivity index (χ0v) is 26.3. The van der Waals surface area contributed by atoms with Gasteiger partial charge in [0.05, 0.1) is 52.2 Å². The highest BCUT2D eigenvalue weighted by atomic mass is 16.3. The maximum Gasteiger partial charge on any atom is 0.144 e. The lowest BCUT2D eigenvalue weighted by Crippen LogP contribution is -2.10. The van der Waals surface area contributed by atoms with E-state index in [4.69, 9.17) is 32.1 Å². The highest BCUT2D eigenvalue weighted by Crippen LogP contribution is 2.49. The summed E-state index contributed by atoms with van der Waals surface area (Å²) in [5, 5.41) is -4.73. The van der Waals surface area contributed by atoms with Gasteiger partial charge in [-0.15, -0.1) is 0 Å². The van der Waals surface area contributed by atoms with Crippen molar-refractivity contribution in [1.29, 1.82) is 0 Å². The van der Waals surface area contributed by atoms with Crippen LogP contribution in [0.15, 0.2) is 196 Å². The predicted octanol–water partition coefficient (Wildman–Crippen LogP) is 14.6. The van der Waals surface area contributed by atoms with Crippen LogP contribution in [0, 0.1) is 0 Å². The monoisotopic (exact) mass is 707 g/mol. The van der Waals surface area contributed by atoms with Crippen molar-refractivity contribution in [2.24, 2.45) is 0 Å². The Morgan fingerprint density at radius 2 is 1.04 bits per heavy atom. The van der Waals surface area contributed by atoms with Crippen LogP contribution in [0.3, 0.4) is 0 Å². The molecule has 9 aromatic carbocycles. The van der Waals surface area contributed by atoms with Gasteiger partial charge in [0.1, 0.15) is 22.3 Å². The molecule has 0 amide bonds. The Labute approximate surface area is 347 Å². The molecule has 0 unspecified atom stereocenters. The van der Waals surface area contributed by atoms with Crippen LogP contribution >= 0.6 is 0 Å². The van der Waals surface area contributed by atoms with Crippen LogP contribution in [-0.2, 0) is 0 Å². The van der Waals surface area contributed by atoms with Gasteiger partial charge < -0.3 is 13.7 Å². The summed E-state index contributed by atoms with van der Waals surface area (Å²) in [6.07, 6.45) is 0. The first-order valence-corrected chi connectivity index (χ1v) is 15.6. The number of benzene rings is 9. The van der Waals surface area contributed by atoms with Crippen LogP contribution in [-0.4, -0.2) is 0 Å². The standard InChI is InChI=1S/C50H31NO2/c1-2-11-32(12-3-1)35-23-26-39(27-24-35)51(40-28-25-34-14-5-7-16-37(34)30-40)43-18-10-20-45-48(43)42-31-46-49(41-17-8-9-19-44(41)52-46)47(50(42)53-45)38-22-21-33-13-4-6-15-36(33)29-38/h1-31H/i1D,2D,3D,4D,5D,6D,7D,8D,9D,10D,11D,12D,13D,14D,15D,16D,17D,18D,19D,20D,21D,22D,23D,24D,25D,26D,27D,28D,29D,31D. The van der Waals surface area contributed by atoms with Gasteiger partial charge >= 0.3 is 0 Å². The molecule has 0 aliphatic rings. The van der Waals surface area contributed by atoms with E-state index in [9.17, 15) is 17.8 Å². The van der Waals surface area contributed by atoms with Gasteiger partial charge in [-0.1, -0.05) is 133 Å². The van der Waals surface area contributed by atoms with Gasteiger partial charge in [-0.3, -0.25) is 0 Å². The average Bonchev–Trinajstić information content (AvgIpc) is 2.18. The SMILES string of the molecule is [2H]c1c([2H])c([2H])c(-c2c([2H])c([2H])c(N(c3cc4c([2H])c([2H])c([2H])c([2H])c4c([2H])c3[2H])c3c([2H])c([2H])c([2H])c4oc5c(-c6c([2H])c([2H])c7c([2H])c([2H])c([2H])c([2H])c7c6[2H])c6c(oc7c([2H])c([2H])c([2H])c([2H])c76)c([2H])c5c34)c([2H])c2[2H])c([2H])c1[2H]. The highest BCUT2D eigenvalue weighted by Gasteiger charge is 2.25. The second-order valence-electron chi connectivity index (χ2n) is 11.4. The molecular weight excluding hydrogens is 647 g/mol. The molecule has 0 N–H and O–H groups in total. The van der Waals surface area contributed by atoms with E-state index >= 15 is 0 Å². The second kappa shape index (κ2) is 11.7. The van der Waals surface area contributed by atoms with E-state index in [0.717, 1.165) is 6.07 Å². The third-order valence-corrected chi connectivity index (χ3v) is 8.41. The van der Waals surface area contributed by atoms with Crippen molar-refractivity contribution in [3.63, 3.8) is 0 Å². The lowest BCUT2D eigenvalue weighted by atomic mass is 9.94. The van der Waals surface area contributed by atoms with E-state index in [1.54, 1.807) is 0 Å². The van der Waals surface area contributed by atoms with Gasteiger partial charge in [-0.05, 0) is 92.6 Å². The summed E-state index contributed by atoms with van der Waals surface area (Å²) in [5.41, 5.74) is -8.76. The third-order valence-electron chi connectivity index (χ3n) is 8.41. The molecule has 0 saturated heterocycles. The van der Waals surface area contributed by atoms with E-state index < -0.39 is 286 Å². The van der Waals surface area contributed by atoms with Crippen molar-refractivity contribution in [3.8, 4) is 22.3 Å². The van der Waals surface area contributed by atoms with Gasteiger partial charge in [0.2, 0.25) is 0 Å². The van der Waals surface area contributed by atoms with Gasteiger partial charge in [0.15, 0.2) is 0 Å². The van der Waals surface area contributed by atoms with Gasteiger partial charge in [-0.25, -0.2) is 0 Å². The summed E-state index contributed by atoms with van der Waals surface area (Å²) in [5.74, 6) is 0. The Hall–Kier alpha value is -7.10. The molecule has 0 atom stereocenters. The summed E-state index contributed by atoms with van der Waals surface area (Å²) in [7, 11) is 0. The number of furan rings is 2.